The summed E-state index contributed by atoms with van der Waals surface area (Å²) in [6.45, 7) is 2.69. The highest BCUT2D eigenvalue weighted by Crippen LogP contribution is 2.25. The van der Waals surface area contributed by atoms with Crippen molar-refractivity contribution in [3.8, 4) is 5.75 Å². The van der Waals surface area contributed by atoms with Crippen LogP contribution in [-0.2, 0) is 0 Å². The van der Waals surface area contributed by atoms with Gasteiger partial charge in [-0.1, -0.05) is 37.3 Å². The van der Waals surface area contributed by atoms with Crippen LogP contribution in [0.1, 0.15) is 28.8 Å². The van der Waals surface area contributed by atoms with Crippen molar-refractivity contribution in [1.82, 2.24) is 5.32 Å². The third-order valence-corrected chi connectivity index (χ3v) is 4.32. The van der Waals surface area contributed by atoms with Gasteiger partial charge in [-0.3, -0.25) is 4.79 Å². The van der Waals surface area contributed by atoms with Crippen LogP contribution < -0.4 is 10.1 Å². The highest BCUT2D eigenvalue weighted by atomic mass is 32.2. The summed E-state index contributed by atoms with van der Waals surface area (Å²) >= 11 is 1.62. The number of hydrogen-bond donors (Lipinski definition) is 1. The topological polar surface area (TPSA) is 38.3 Å². The average Bonchev–Trinajstić information content (AvgIpc) is 2.59. The minimum Gasteiger partial charge on any atom is -0.496 e. The predicted octanol–water partition coefficient (Wildman–Crippen LogP) is 3.95. The Morgan fingerprint density at radius 1 is 1.23 bits per heavy atom. The second-order valence-corrected chi connectivity index (χ2v) is 5.97. The van der Waals surface area contributed by atoms with Crippen LogP contribution in [-0.4, -0.2) is 25.8 Å². The maximum Gasteiger partial charge on any atom is 0.255 e. The van der Waals surface area contributed by atoms with E-state index in [2.05, 4.69) is 24.4 Å². The Kier molecular flexibility index (Phi) is 5.90. The number of carbonyl (C=O) groups excluding carboxylic acids is 1. The van der Waals surface area contributed by atoms with Crippen molar-refractivity contribution in [2.45, 2.75) is 17.7 Å². The molecule has 0 aliphatic heterocycles. The van der Waals surface area contributed by atoms with Crippen LogP contribution in [0.5, 0.6) is 5.75 Å². The molecule has 2 aromatic carbocycles. The van der Waals surface area contributed by atoms with Crippen LogP contribution in [0.25, 0.3) is 0 Å². The quantitative estimate of drug-likeness (QED) is 0.820. The number of ether oxygens (including phenoxy) is 1. The summed E-state index contributed by atoms with van der Waals surface area (Å²) < 4.78 is 5.33. The van der Waals surface area contributed by atoms with Crippen molar-refractivity contribution in [1.29, 1.82) is 0 Å². The maximum absolute atomic E-state index is 12.4. The summed E-state index contributed by atoms with van der Waals surface area (Å²) in [6, 6.07) is 15.8. The SMILES string of the molecule is COc1cc(SC)ccc1C(=O)NC[C@H](C)c1ccccc1. The summed E-state index contributed by atoms with van der Waals surface area (Å²) in [5.41, 5.74) is 1.79. The molecule has 0 saturated carbocycles. The van der Waals surface area contributed by atoms with Gasteiger partial charge in [-0.25, -0.2) is 0 Å². The van der Waals surface area contributed by atoms with Gasteiger partial charge in [0.15, 0.2) is 0 Å². The van der Waals surface area contributed by atoms with Crippen molar-refractivity contribution in [2.75, 3.05) is 19.9 Å². The number of benzene rings is 2. The van der Waals surface area contributed by atoms with Crippen molar-refractivity contribution in [3.63, 3.8) is 0 Å². The van der Waals surface area contributed by atoms with E-state index in [1.54, 1.807) is 18.9 Å². The van der Waals surface area contributed by atoms with Gasteiger partial charge in [0.05, 0.1) is 12.7 Å². The van der Waals surface area contributed by atoms with E-state index in [-0.39, 0.29) is 11.8 Å². The zero-order valence-corrected chi connectivity index (χ0v) is 13.9. The first-order chi connectivity index (χ1) is 10.7. The van der Waals surface area contributed by atoms with Gasteiger partial charge in [-0.2, -0.15) is 0 Å². The lowest BCUT2D eigenvalue weighted by Crippen LogP contribution is -2.27. The van der Waals surface area contributed by atoms with Crippen molar-refractivity contribution < 1.29 is 9.53 Å². The lowest BCUT2D eigenvalue weighted by atomic mass is 10.0. The van der Waals surface area contributed by atoms with E-state index in [0.29, 0.717) is 17.9 Å². The number of amides is 1. The monoisotopic (exact) mass is 315 g/mol. The molecule has 2 aromatic rings. The Bertz CT molecular complexity index is 628. The highest BCUT2D eigenvalue weighted by Gasteiger charge is 2.14. The molecule has 0 aliphatic rings. The number of carbonyl (C=O) groups is 1. The fourth-order valence-electron chi connectivity index (χ4n) is 2.23. The second kappa shape index (κ2) is 7.90. The molecule has 4 heteroatoms. The predicted molar refractivity (Wildman–Crippen MR) is 92.0 cm³/mol. The summed E-state index contributed by atoms with van der Waals surface area (Å²) in [5, 5.41) is 2.98. The Morgan fingerprint density at radius 2 is 1.95 bits per heavy atom. The fraction of sp³-hybridized carbons (Fsp3) is 0.278. The molecule has 22 heavy (non-hydrogen) atoms. The fourth-order valence-corrected chi connectivity index (χ4v) is 2.66. The zero-order chi connectivity index (χ0) is 15.9. The Labute approximate surface area is 136 Å². The van der Waals surface area contributed by atoms with Gasteiger partial charge >= 0.3 is 0 Å². The van der Waals surface area contributed by atoms with Crippen molar-refractivity contribution >= 4 is 17.7 Å². The largest absolute Gasteiger partial charge is 0.496 e. The van der Waals surface area contributed by atoms with E-state index in [0.717, 1.165) is 4.90 Å². The van der Waals surface area contributed by atoms with E-state index in [1.807, 2.05) is 42.7 Å². The van der Waals surface area contributed by atoms with Crippen LogP contribution in [0, 0.1) is 0 Å². The van der Waals surface area contributed by atoms with Crippen LogP contribution in [0.2, 0.25) is 0 Å². The van der Waals surface area contributed by atoms with Crippen LogP contribution in [0.4, 0.5) is 0 Å². The zero-order valence-electron chi connectivity index (χ0n) is 13.1. The molecule has 0 radical (unpaired) electrons. The molecular weight excluding hydrogens is 294 g/mol. The molecule has 0 aliphatic carbocycles. The van der Waals surface area contributed by atoms with E-state index in [4.69, 9.17) is 4.74 Å². The maximum atomic E-state index is 12.4. The van der Waals surface area contributed by atoms with E-state index in [9.17, 15) is 4.79 Å². The molecule has 0 fully saturated rings. The summed E-state index contributed by atoms with van der Waals surface area (Å²) in [6.07, 6.45) is 2.00. The van der Waals surface area contributed by atoms with Crippen molar-refractivity contribution in [2.24, 2.45) is 0 Å². The van der Waals surface area contributed by atoms with E-state index < -0.39 is 0 Å². The molecule has 0 aromatic heterocycles. The number of methoxy groups -OCH3 is 1. The van der Waals surface area contributed by atoms with Gasteiger partial charge in [-0.05, 0) is 35.9 Å². The molecule has 0 saturated heterocycles. The first-order valence-electron chi connectivity index (χ1n) is 7.21. The molecule has 0 heterocycles. The number of rotatable bonds is 6. The third-order valence-electron chi connectivity index (χ3n) is 3.59. The molecule has 1 amide bonds. The van der Waals surface area contributed by atoms with Crippen molar-refractivity contribution in [3.05, 3.63) is 59.7 Å². The van der Waals surface area contributed by atoms with E-state index in [1.165, 1.54) is 5.56 Å². The minimum absolute atomic E-state index is 0.104. The van der Waals surface area contributed by atoms with Crippen LogP contribution in [0.3, 0.4) is 0 Å². The van der Waals surface area contributed by atoms with Gasteiger partial charge < -0.3 is 10.1 Å². The Hall–Kier alpha value is -1.94. The molecule has 3 nitrogen and oxygen atoms in total. The number of hydrogen-bond acceptors (Lipinski definition) is 3. The first kappa shape index (κ1) is 16.4. The lowest BCUT2D eigenvalue weighted by molar-refractivity contribution is 0.0948. The van der Waals surface area contributed by atoms with Gasteiger partial charge in [0.1, 0.15) is 5.75 Å². The highest BCUT2D eigenvalue weighted by molar-refractivity contribution is 7.98. The van der Waals surface area contributed by atoms with Crippen LogP contribution in [0.15, 0.2) is 53.4 Å². The number of nitrogens with one attached hydrogen (secondary N) is 1. The summed E-state index contributed by atoms with van der Waals surface area (Å²) in [5.74, 6) is 0.769. The molecule has 0 bridgehead atoms. The molecule has 1 atom stereocenters. The standard InChI is InChI=1S/C18H21NO2S/c1-13(14-7-5-4-6-8-14)12-19-18(20)16-10-9-15(22-3)11-17(16)21-2/h4-11,13H,12H2,1-3H3,(H,19,20)/t13-/m0/s1. The second-order valence-electron chi connectivity index (χ2n) is 5.09. The smallest absolute Gasteiger partial charge is 0.255 e. The summed E-state index contributed by atoms with van der Waals surface area (Å²) in [4.78, 5) is 13.4. The molecular formula is C18H21NO2S. The van der Waals surface area contributed by atoms with E-state index >= 15 is 0 Å². The van der Waals surface area contributed by atoms with Gasteiger partial charge in [0, 0.05) is 11.4 Å². The molecule has 0 unspecified atom stereocenters. The first-order valence-corrected chi connectivity index (χ1v) is 8.43. The van der Waals surface area contributed by atoms with Gasteiger partial charge in [0.25, 0.3) is 5.91 Å². The number of thioether (sulfide) groups is 1. The average molecular weight is 315 g/mol. The lowest BCUT2D eigenvalue weighted by Gasteiger charge is -2.14. The Morgan fingerprint density at radius 3 is 2.59 bits per heavy atom. The third kappa shape index (κ3) is 4.04. The van der Waals surface area contributed by atoms with Crippen LogP contribution >= 0.6 is 11.8 Å². The molecule has 0 spiro atoms. The van der Waals surface area contributed by atoms with Gasteiger partial charge in [0.2, 0.25) is 0 Å². The normalized spacial score (nSPS) is 11.8. The van der Waals surface area contributed by atoms with Gasteiger partial charge in [-0.15, -0.1) is 11.8 Å². The molecule has 2 rings (SSSR count). The molecule has 116 valence electrons. The summed E-state index contributed by atoms with van der Waals surface area (Å²) in [7, 11) is 1.59. The Balaban J connectivity index is 2.03. The minimum atomic E-state index is -0.104. The molecule has 1 N–H and O–H groups in total.